The van der Waals surface area contributed by atoms with Crippen molar-refractivity contribution in [3.63, 3.8) is 0 Å². The monoisotopic (exact) mass is 668 g/mol. The molecule has 3 heterocycles. The molecule has 0 fully saturated rings. The van der Waals surface area contributed by atoms with Crippen molar-refractivity contribution in [3.05, 3.63) is 141 Å². The Bertz CT molecular complexity index is 2080. The van der Waals surface area contributed by atoms with Gasteiger partial charge in [0.25, 0.3) is 11.6 Å². The number of rotatable bonds is 9. The number of hydrogen-bond donors (Lipinski definition) is 1. The molecule has 0 bridgehead atoms. The summed E-state index contributed by atoms with van der Waals surface area (Å²) >= 11 is 2.65. The molecule has 0 saturated carbocycles. The van der Waals surface area contributed by atoms with E-state index in [1.807, 2.05) is 66.7 Å². The average Bonchev–Trinajstić information content (AvgIpc) is 3.51. The number of aryl methyl sites for hydroxylation is 1. The standard InChI is InChI=1S/C37H28N6O3S2/c44-35(40-27-14-9-19-38-23-27)34-28-15-7-8-16-32(28)47-36(34)39-22-24-17-18-33(31(20-24)43(45)46)48-37-41-29(25-10-3-1-4-11-25)21-30(42-37)26-12-5-2-6-13-26/h1-6,9-14,17-23H,7-8,15-16H2,(H,40,44). The molecule has 0 unspecified atom stereocenters. The normalized spacial score (nSPS) is 12.5. The van der Waals surface area contributed by atoms with Crippen LogP contribution in [-0.2, 0) is 12.8 Å². The minimum Gasteiger partial charge on any atom is -0.320 e. The number of nitrogens with one attached hydrogen (secondary N) is 1. The summed E-state index contributed by atoms with van der Waals surface area (Å²) in [5.74, 6) is -0.236. The smallest absolute Gasteiger partial charge is 0.283 e. The van der Waals surface area contributed by atoms with Crippen molar-refractivity contribution in [2.24, 2.45) is 4.99 Å². The molecule has 3 aromatic heterocycles. The fraction of sp³-hybridized carbons (Fsp3) is 0.108. The Morgan fingerprint density at radius 3 is 2.27 bits per heavy atom. The van der Waals surface area contributed by atoms with Gasteiger partial charge in [0, 0.05) is 34.5 Å². The van der Waals surface area contributed by atoms with Crippen molar-refractivity contribution in [1.29, 1.82) is 0 Å². The Labute approximate surface area is 285 Å². The number of nitro benzene ring substituents is 1. The number of benzene rings is 3. The zero-order valence-corrected chi connectivity index (χ0v) is 27.2. The fourth-order valence-electron chi connectivity index (χ4n) is 5.57. The van der Waals surface area contributed by atoms with Gasteiger partial charge in [0.2, 0.25) is 0 Å². The molecule has 236 valence electrons. The second-order valence-corrected chi connectivity index (χ2v) is 13.2. The topological polar surface area (TPSA) is 123 Å². The Morgan fingerprint density at radius 2 is 1.60 bits per heavy atom. The van der Waals surface area contributed by atoms with Crippen molar-refractivity contribution < 1.29 is 9.72 Å². The van der Waals surface area contributed by atoms with Crippen LogP contribution in [0.15, 0.2) is 124 Å². The summed E-state index contributed by atoms with van der Waals surface area (Å²) < 4.78 is 0. The zero-order valence-electron chi connectivity index (χ0n) is 25.6. The number of amides is 1. The van der Waals surface area contributed by atoms with Crippen molar-refractivity contribution in [2.45, 2.75) is 35.7 Å². The molecule has 3 aromatic carbocycles. The van der Waals surface area contributed by atoms with Gasteiger partial charge in [0.15, 0.2) is 5.16 Å². The summed E-state index contributed by atoms with van der Waals surface area (Å²) in [5, 5.41) is 16.2. The first-order chi connectivity index (χ1) is 23.5. The Hall–Kier alpha value is -5.52. The van der Waals surface area contributed by atoms with Crippen molar-refractivity contribution in [3.8, 4) is 22.5 Å². The third kappa shape index (κ3) is 6.92. The molecular formula is C37H28N6O3S2. The number of nitrogens with zero attached hydrogens (tertiary/aromatic N) is 5. The van der Waals surface area contributed by atoms with E-state index in [9.17, 15) is 14.9 Å². The number of carbonyl (C=O) groups is 1. The van der Waals surface area contributed by atoms with Crippen LogP contribution in [0.4, 0.5) is 16.4 Å². The number of fused-ring (bicyclic) bond motifs is 1. The maximum atomic E-state index is 13.5. The predicted octanol–water partition coefficient (Wildman–Crippen LogP) is 9.21. The molecule has 1 aliphatic rings. The van der Waals surface area contributed by atoms with Crippen LogP contribution >= 0.6 is 23.1 Å². The largest absolute Gasteiger partial charge is 0.320 e. The number of anilines is 1. The van der Waals surface area contributed by atoms with Crippen LogP contribution in [0.2, 0.25) is 0 Å². The first-order valence-corrected chi connectivity index (χ1v) is 17.0. The molecule has 0 spiro atoms. The molecule has 1 amide bonds. The molecular weight excluding hydrogens is 641 g/mol. The fourth-order valence-corrected chi connectivity index (χ4v) is 7.66. The number of hydrogen-bond acceptors (Lipinski definition) is 9. The van der Waals surface area contributed by atoms with E-state index >= 15 is 0 Å². The van der Waals surface area contributed by atoms with E-state index in [0.717, 1.165) is 70.4 Å². The molecule has 1 N–H and O–H groups in total. The highest BCUT2D eigenvalue weighted by molar-refractivity contribution is 7.99. The molecule has 48 heavy (non-hydrogen) atoms. The summed E-state index contributed by atoms with van der Waals surface area (Å²) in [6, 6.07) is 30.0. The average molecular weight is 669 g/mol. The van der Waals surface area contributed by atoms with E-state index in [-0.39, 0.29) is 11.6 Å². The van der Waals surface area contributed by atoms with Gasteiger partial charge >= 0.3 is 0 Å². The van der Waals surface area contributed by atoms with Crippen LogP contribution in [-0.4, -0.2) is 32.0 Å². The van der Waals surface area contributed by atoms with Gasteiger partial charge < -0.3 is 5.32 Å². The third-order valence-corrected chi connectivity index (χ3v) is 9.99. The lowest BCUT2D eigenvalue weighted by Crippen LogP contribution is -2.14. The molecule has 0 aliphatic heterocycles. The highest BCUT2D eigenvalue weighted by atomic mass is 32.2. The number of aromatic nitrogens is 3. The first-order valence-electron chi connectivity index (χ1n) is 15.4. The van der Waals surface area contributed by atoms with E-state index in [2.05, 4.69) is 10.3 Å². The Morgan fingerprint density at radius 1 is 0.896 bits per heavy atom. The highest BCUT2D eigenvalue weighted by Gasteiger charge is 2.26. The van der Waals surface area contributed by atoms with E-state index in [4.69, 9.17) is 15.0 Å². The lowest BCUT2D eigenvalue weighted by atomic mass is 9.95. The predicted molar refractivity (Wildman–Crippen MR) is 191 cm³/mol. The maximum Gasteiger partial charge on any atom is 0.283 e. The van der Waals surface area contributed by atoms with Gasteiger partial charge in [-0.05, 0) is 72.8 Å². The quantitative estimate of drug-likeness (QED) is 0.0705. The van der Waals surface area contributed by atoms with Gasteiger partial charge in [0.05, 0.1) is 38.7 Å². The van der Waals surface area contributed by atoms with Crippen molar-refractivity contribution >= 4 is 51.6 Å². The second-order valence-electron chi connectivity index (χ2n) is 11.1. The molecule has 0 saturated heterocycles. The highest BCUT2D eigenvalue weighted by Crippen LogP contribution is 2.41. The number of nitro groups is 1. The summed E-state index contributed by atoms with van der Waals surface area (Å²) in [6.07, 6.45) is 8.63. The number of thiophene rings is 1. The molecule has 0 radical (unpaired) electrons. The third-order valence-electron chi connectivity index (χ3n) is 7.86. The number of pyridine rings is 1. The second kappa shape index (κ2) is 14.1. The van der Waals surface area contributed by atoms with E-state index in [1.165, 1.54) is 17.4 Å². The summed E-state index contributed by atoms with van der Waals surface area (Å²) in [5.41, 5.74) is 5.93. The number of aliphatic imine (C=N–C) groups is 1. The minimum atomic E-state index is -0.407. The summed E-state index contributed by atoms with van der Waals surface area (Å²) in [4.78, 5) is 45.3. The molecule has 9 nitrogen and oxygen atoms in total. The van der Waals surface area contributed by atoms with Gasteiger partial charge in [-0.3, -0.25) is 19.9 Å². The maximum absolute atomic E-state index is 13.5. The zero-order chi connectivity index (χ0) is 32.9. The van der Waals surface area contributed by atoms with Crippen LogP contribution in [0.1, 0.15) is 39.2 Å². The lowest BCUT2D eigenvalue weighted by Gasteiger charge is -2.12. The van der Waals surface area contributed by atoms with E-state index in [1.54, 1.807) is 42.9 Å². The lowest BCUT2D eigenvalue weighted by molar-refractivity contribution is -0.387. The van der Waals surface area contributed by atoms with Crippen molar-refractivity contribution in [1.82, 2.24) is 15.0 Å². The van der Waals surface area contributed by atoms with Gasteiger partial charge in [0.1, 0.15) is 5.00 Å². The van der Waals surface area contributed by atoms with Gasteiger partial charge in [-0.25, -0.2) is 15.0 Å². The summed E-state index contributed by atoms with van der Waals surface area (Å²) in [7, 11) is 0. The Balaban J connectivity index is 1.20. The van der Waals surface area contributed by atoms with Crippen LogP contribution in [0.3, 0.4) is 0 Å². The summed E-state index contributed by atoms with van der Waals surface area (Å²) in [6.45, 7) is 0. The van der Waals surface area contributed by atoms with E-state index in [0.29, 0.717) is 31.9 Å². The molecule has 0 atom stereocenters. The Kier molecular flexibility index (Phi) is 9.12. The first kappa shape index (κ1) is 31.1. The minimum absolute atomic E-state index is 0.0843. The van der Waals surface area contributed by atoms with Gasteiger partial charge in [-0.15, -0.1) is 11.3 Å². The van der Waals surface area contributed by atoms with Crippen LogP contribution in [0, 0.1) is 10.1 Å². The SMILES string of the molecule is O=C(Nc1cccnc1)c1c(N=Cc2ccc(Sc3nc(-c4ccccc4)cc(-c4ccccc4)n3)c([N+](=O)[O-])c2)sc2c1CCCC2. The number of carbonyl (C=O) groups excluding carboxylic acids is 1. The van der Waals surface area contributed by atoms with E-state index < -0.39 is 4.92 Å². The molecule has 11 heteroatoms. The van der Waals surface area contributed by atoms with Crippen molar-refractivity contribution in [2.75, 3.05) is 5.32 Å². The molecule has 1 aliphatic carbocycles. The molecule has 7 rings (SSSR count). The van der Waals surface area contributed by atoms with Crippen LogP contribution < -0.4 is 5.32 Å². The molecule has 6 aromatic rings. The van der Waals surface area contributed by atoms with Gasteiger partial charge in [-0.1, -0.05) is 66.7 Å². The van der Waals surface area contributed by atoms with Crippen LogP contribution in [0.25, 0.3) is 22.5 Å². The van der Waals surface area contributed by atoms with Crippen LogP contribution in [0.5, 0.6) is 0 Å². The van der Waals surface area contributed by atoms with Gasteiger partial charge in [-0.2, -0.15) is 0 Å².